The first-order valence-electron chi connectivity index (χ1n) is 6.43. The molecule has 0 aliphatic heterocycles. The molecule has 0 unspecified atom stereocenters. The third-order valence-corrected chi connectivity index (χ3v) is 3.98. The second kappa shape index (κ2) is 4.18. The van der Waals surface area contributed by atoms with E-state index in [4.69, 9.17) is 11.6 Å². The van der Waals surface area contributed by atoms with Crippen LogP contribution >= 0.6 is 11.6 Å². The van der Waals surface area contributed by atoms with Crippen LogP contribution in [0.3, 0.4) is 0 Å². The van der Waals surface area contributed by atoms with Crippen LogP contribution in [0, 0.1) is 11.3 Å². The monoisotopic (exact) mass is 292 g/mol. The van der Waals surface area contributed by atoms with Gasteiger partial charge in [0, 0.05) is 28.2 Å². The van der Waals surface area contributed by atoms with Crippen LogP contribution in [0.5, 0.6) is 0 Å². The number of benzene rings is 2. The molecule has 100 valence electrons. The van der Waals surface area contributed by atoms with Gasteiger partial charge < -0.3 is 0 Å². The van der Waals surface area contributed by atoms with E-state index in [-0.39, 0.29) is 0 Å². The van der Waals surface area contributed by atoms with Crippen LogP contribution in [0.25, 0.3) is 32.7 Å². The third kappa shape index (κ3) is 1.61. The first-order valence-corrected chi connectivity index (χ1v) is 6.80. The first kappa shape index (κ1) is 12.1. The number of hydrogen-bond donors (Lipinski definition) is 0. The highest BCUT2D eigenvalue weighted by Gasteiger charge is 2.13. The van der Waals surface area contributed by atoms with Crippen molar-refractivity contribution in [3.63, 3.8) is 0 Å². The second-order valence-electron chi connectivity index (χ2n) is 4.92. The zero-order chi connectivity index (χ0) is 14.6. The molecule has 0 atom stereocenters. The predicted molar refractivity (Wildman–Crippen MR) is 83.2 cm³/mol. The molecule has 0 radical (unpaired) electrons. The smallest absolute Gasteiger partial charge is 0.101 e. The maximum atomic E-state index is 9.63. The zero-order valence-corrected chi connectivity index (χ0v) is 11.9. The Kier molecular flexibility index (Phi) is 2.41. The summed E-state index contributed by atoms with van der Waals surface area (Å²) in [6.07, 6.45) is 1.78. The number of nitrogens with zero attached hydrogens (tertiary/aromatic N) is 4. The lowest BCUT2D eigenvalue weighted by molar-refractivity contribution is 0.797. The summed E-state index contributed by atoms with van der Waals surface area (Å²) in [4.78, 5) is 4.63. The highest BCUT2D eigenvalue weighted by molar-refractivity contribution is 6.31. The van der Waals surface area contributed by atoms with Gasteiger partial charge in [-0.15, -0.1) is 0 Å². The van der Waals surface area contributed by atoms with Crippen molar-refractivity contribution >= 4 is 44.3 Å². The minimum Gasteiger partial charge on any atom is -0.268 e. The summed E-state index contributed by atoms with van der Waals surface area (Å²) in [5.41, 5.74) is 3.11. The Morgan fingerprint density at radius 1 is 1.14 bits per heavy atom. The number of aryl methyl sites for hydroxylation is 1. The van der Waals surface area contributed by atoms with Gasteiger partial charge in [-0.25, -0.2) is 4.98 Å². The molecule has 4 aromatic rings. The lowest BCUT2D eigenvalue weighted by Gasteiger charge is -2.07. The molecule has 0 saturated carbocycles. The topological polar surface area (TPSA) is 54.5 Å². The Morgan fingerprint density at radius 2 is 2.00 bits per heavy atom. The first-order chi connectivity index (χ1) is 10.2. The van der Waals surface area contributed by atoms with Gasteiger partial charge in [-0.3, -0.25) is 4.68 Å². The van der Waals surface area contributed by atoms with Crippen LogP contribution in [-0.2, 0) is 7.05 Å². The van der Waals surface area contributed by atoms with Crippen molar-refractivity contribution in [2.45, 2.75) is 0 Å². The zero-order valence-electron chi connectivity index (χ0n) is 11.1. The molecular formula is C16H9ClN4. The van der Waals surface area contributed by atoms with Gasteiger partial charge in [0.25, 0.3) is 0 Å². The number of aromatic nitrogens is 3. The average molecular weight is 293 g/mol. The van der Waals surface area contributed by atoms with E-state index in [1.165, 1.54) is 0 Å². The number of fused-ring (bicyclic) bond motifs is 4. The molecule has 0 saturated heterocycles. The molecule has 0 fully saturated rings. The summed E-state index contributed by atoms with van der Waals surface area (Å²) >= 11 is 6.03. The second-order valence-corrected chi connectivity index (χ2v) is 5.36. The quantitative estimate of drug-likeness (QED) is 0.463. The molecule has 0 aliphatic carbocycles. The third-order valence-electron chi connectivity index (χ3n) is 3.74. The Bertz CT molecular complexity index is 1070. The van der Waals surface area contributed by atoms with Crippen LogP contribution in [-0.4, -0.2) is 14.8 Å². The van der Waals surface area contributed by atoms with E-state index in [2.05, 4.69) is 16.2 Å². The normalized spacial score (nSPS) is 11.3. The molecule has 2 heterocycles. The number of hydrogen-bond acceptors (Lipinski definition) is 3. The van der Waals surface area contributed by atoms with Crippen LogP contribution < -0.4 is 0 Å². The van der Waals surface area contributed by atoms with E-state index in [0.29, 0.717) is 10.6 Å². The van der Waals surface area contributed by atoms with Crippen LogP contribution in [0.15, 0.2) is 36.5 Å². The maximum Gasteiger partial charge on any atom is 0.101 e. The van der Waals surface area contributed by atoms with Crippen molar-refractivity contribution in [1.82, 2.24) is 14.8 Å². The molecule has 0 aliphatic rings. The molecule has 4 rings (SSSR count). The fraction of sp³-hybridized carbons (Fsp3) is 0.0625. The van der Waals surface area contributed by atoms with Crippen molar-refractivity contribution in [1.29, 1.82) is 5.26 Å². The van der Waals surface area contributed by atoms with E-state index in [1.807, 2.05) is 25.2 Å². The summed E-state index contributed by atoms with van der Waals surface area (Å²) in [6, 6.07) is 11.6. The fourth-order valence-corrected chi connectivity index (χ4v) is 2.93. The summed E-state index contributed by atoms with van der Waals surface area (Å²) < 4.78 is 1.79. The van der Waals surface area contributed by atoms with Gasteiger partial charge in [0.05, 0.1) is 28.3 Å². The molecule has 0 amide bonds. The predicted octanol–water partition coefficient (Wildman–Crippen LogP) is 3.80. The van der Waals surface area contributed by atoms with Crippen LogP contribution in [0.2, 0.25) is 5.02 Å². The molecule has 0 spiro atoms. The van der Waals surface area contributed by atoms with Crippen molar-refractivity contribution in [2.24, 2.45) is 7.05 Å². The Hall–Kier alpha value is -2.64. The van der Waals surface area contributed by atoms with E-state index in [1.54, 1.807) is 23.0 Å². The summed E-state index contributed by atoms with van der Waals surface area (Å²) in [5.74, 6) is 0. The van der Waals surface area contributed by atoms with Gasteiger partial charge in [-0.1, -0.05) is 11.6 Å². The molecule has 21 heavy (non-hydrogen) atoms. The van der Waals surface area contributed by atoms with Crippen molar-refractivity contribution < 1.29 is 0 Å². The maximum absolute atomic E-state index is 9.63. The minimum absolute atomic E-state index is 0.612. The number of nitriles is 1. The summed E-state index contributed by atoms with van der Waals surface area (Å²) in [5, 5.41) is 17.1. The van der Waals surface area contributed by atoms with Gasteiger partial charge in [-0.05, 0) is 30.3 Å². The number of pyridine rings is 1. The summed E-state index contributed by atoms with van der Waals surface area (Å²) in [6.45, 7) is 0. The van der Waals surface area contributed by atoms with E-state index >= 15 is 0 Å². The largest absolute Gasteiger partial charge is 0.268 e. The molecule has 2 aromatic carbocycles. The van der Waals surface area contributed by atoms with Crippen molar-refractivity contribution in [3.8, 4) is 6.07 Å². The molecule has 2 aromatic heterocycles. The Morgan fingerprint density at radius 3 is 2.81 bits per heavy atom. The Labute approximate surface area is 125 Å². The van der Waals surface area contributed by atoms with E-state index in [9.17, 15) is 5.26 Å². The van der Waals surface area contributed by atoms with Gasteiger partial charge in [0.1, 0.15) is 6.07 Å². The van der Waals surface area contributed by atoms with Crippen LogP contribution in [0.1, 0.15) is 5.56 Å². The van der Waals surface area contributed by atoms with Crippen LogP contribution in [0.4, 0.5) is 0 Å². The molecule has 5 heteroatoms. The molecule has 4 nitrogen and oxygen atoms in total. The standard InChI is InChI=1S/C16H9ClN4/c1-21-15-5-4-13-16(12(15)8-19-21)11(7-18)10-3-2-9(17)6-14(10)20-13/h2-6,8H,1H3. The fourth-order valence-electron chi connectivity index (χ4n) is 2.76. The minimum atomic E-state index is 0.612. The van der Waals surface area contributed by atoms with Crippen molar-refractivity contribution in [3.05, 3.63) is 47.1 Å². The van der Waals surface area contributed by atoms with Gasteiger partial charge in [-0.2, -0.15) is 10.4 Å². The lowest BCUT2D eigenvalue weighted by Crippen LogP contribution is -1.91. The van der Waals surface area contributed by atoms with E-state index in [0.717, 1.165) is 32.7 Å². The van der Waals surface area contributed by atoms with Gasteiger partial charge in [0.2, 0.25) is 0 Å². The van der Waals surface area contributed by atoms with Crippen molar-refractivity contribution in [2.75, 3.05) is 0 Å². The number of rotatable bonds is 0. The SMILES string of the molecule is Cn1ncc2c3c(C#N)c4ccc(Cl)cc4nc3ccc21. The Balaban J connectivity index is 2.33. The number of halogens is 1. The highest BCUT2D eigenvalue weighted by Crippen LogP contribution is 2.32. The van der Waals surface area contributed by atoms with E-state index < -0.39 is 0 Å². The lowest BCUT2D eigenvalue weighted by atomic mass is 10.0. The molecule has 0 N–H and O–H groups in total. The van der Waals surface area contributed by atoms with Gasteiger partial charge >= 0.3 is 0 Å². The summed E-state index contributed by atoms with van der Waals surface area (Å²) in [7, 11) is 1.88. The average Bonchev–Trinajstić information content (AvgIpc) is 2.86. The highest BCUT2D eigenvalue weighted by atomic mass is 35.5. The molecular weight excluding hydrogens is 284 g/mol. The molecule has 0 bridgehead atoms. The van der Waals surface area contributed by atoms with Gasteiger partial charge in [0.15, 0.2) is 0 Å².